The van der Waals surface area contributed by atoms with E-state index in [0.29, 0.717) is 61.0 Å². The van der Waals surface area contributed by atoms with Crippen molar-refractivity contribution >= 4 is 28.6 Å². The van der Waals surface area contributed by atoms with Gasteiger partial charge in [-0.1, -0.05) is 6.07 Å². The minimum Gasteiger partial charge on any atom is -0.493 e. The summed E-state index contributed by atoms with van der Waals surface area (Å²) in [7, 11) is 0. The Morgan fingerprint density at radius 3 is 2.58 bits per heavy atom. The second-order valence-corrected chi connectivity index (χ2v) is 11.9. The van der Waals surface area contributed by atoms with Crippen molar-refractivity contribution in [2.45, 2.75) is 57.6 Å². The second kappa shape index (κ2) is 10.3. The molecule has 1 saturated carbocycles. The number of ether oxygens (including phenoxy) is 2. The lowest BCUT2D eigenvalue weighted by molar-refractivity contribution is -0.00572. The van der Waals surface area contributed by atoms with Gasteiger partial charge in [-0.25, -0.2) is 9.78 Å². The summed E-state index contributed by atoms with van der Waals surface area (Å²) in [6.07, 6.45) is 7.26. The number of carboxylic acids is 1. The molecule has 2 fully saturated rings. The second-order valence-electron chi connectivity index (χ2n) is 11.9. The van der Waals surface area contributed by atoms with E-state index in [4.69, 9.17) is 9.47 Å². The number of pyridine rings is 1. The lowest BCUT2D eigenvalue weighted by Gasteiger charge is -2.44. The number of aryl methyl sites for hydroxylation is 1. The number of aromatic nitrogens is 2. The van der Waals surface area contributed by atoms with Crippen molar-refractivity contribution in [3.05, 3.63) is 77.2 Å². The van der Waals surface area contributed by atoms with Gasteiger partial charge in [0.1, 0.15) is 22.8 Å². The highest BCUT2D eigenvalue weighted by Gasteiger charge is 2.44. The Labute approximate surface area is 249 Å². The lowest BCUT2D eigenvalue weighted by Crippen LogP contribution is -2.52. The number of carboxylic acid groups (broad SMARTS) is 1. The molecule has 0 radical (unpaired) electrons. The summed E-state index contributed by atoms with van der Waals surface area (Å²) in [5.74, 6) is 0.110. The number of ketones is 1. The molecule has 1 aliphatic carbocycles. The first kappa shape index (κ1) is 27.2. The molecule has 4 heterocycles. The van der Waals surface area contributed by atoms with Crippen molar-refractivity contribution in [3.8, 4) is 22.6 Å². The molecule has 0 unspecified atom stereocenters. The third-order valence-electron chi connectivity index (χ3n) is 8.94. The Morgan fingerprint density at radius 1 is 1.09 bits per heavy atom. The molecule has 220 valence electrons. The van der Waals surface area contributed by atoms with Crippen LogP contribution in [0, 0.1) is 6.92 Å². The number of carbonyl (C=O) groups is 3. The standard InChI is InChI=1S/C34H33N3O6/c1-3-42-30-17-23(16-27-31(30)20(2)19-37(27)24-5-6-24)32(39)36-12-9-34(10-13-36)18-28(38)25-14-21(4-7-29(25)43-34)22-8-11-35-26(15-22)33(40)41/h4,7-8,11,14-17,19,24H,3,5-6,9-10,12-13,18H2,1-2H3,(H,40,41). The number of Topliss-reactive ketones (excluding diaryl/α,β-unsaturated/α-hetero) is 1. The number of amides is 1. The molecule has 1 spiro atoms. The molecule has 3 aliphatic rings. The maximum Gasteiger partial charge on any atom is 0.354 e. The maximum atomic E-state index is 13.8. The predicted molar refractivity (Wildman–Crippen MR) is 160 cm³/mol. The summed E-state index contributed by atoms with van der Waals surface area (Å²) in [6.45, 7) is 5.54. The monoisotopic (exact) mass is 579 g/mol. The van der Waals surface area contributed by atoms with Gasteiger partial charge in [-0.05, 0) is 79.8 Å². The Bertz CT molecular complexity index is 1800. The van der Waals surface area contributed by atoms with Crippen molar-refractivity contribution in [1.29, 1.82) is 0 Å². The summed E-state index contributed by atoms with van der Waals surface area (Å²) < 4.78 is 14.8. The summed E-state index contributed by atoms with van der Waals surface area (Å²) in [6, 6.07) is 12.9. The molecule has 1 saturated heterocycles. The van der Waals surface area contributed by atoms with Gasteiger partial charge in [0.25, 0.3) is 5.91 Å². The van der Waals surface area contributed by atoms with E-state index in [2.05, 4.69) is 22.7 Å². The van der Waals surface area contributed by atoms with Gasteiger partial charge >= 0.3 is 5.97 Å². The van der Waals surface area contributed by atoms with E-state index >= 15 is 0 Å². The molecule has 9 heteroatoms. The van der Waals surface area contributed by atoms with Crippen molar-refractivity contribution in [2.24, 2.45) is 0 Å². The molecule has 9 nitrogen and oxygen atoms in total. The number of aromatic carboxylic acids is 1. The molecule has 2 aromatic heterocycles. The maximum absolute atomic E-state index is 13.8. The minimum absolute atomic E-state index is 0.0154. The third kappa shape index (κ3) is 4.82. The van der Waals surface area contributed by atoms with Crippen LogP contribution in [0.1, 0.15) is 81.8 Å². The Balaban J connectivity index is 1.10. The van der Waals surface area contributed by atoms with Crippen LogP contribution in [0.5, 0.6) is 11.5 Å². The highest BCUT2D eigenvalue weighted by molar-refractivity contribution is 6.03. The van der Waals surface area contributed by atoms with E-state index in [9.17, 15) is 19.5 Å². The molecule has 1 amide bonds. The van der Waals surface area contributed by atoms with E-state index in [1.54, 1.807) is 18.2 Å². The average molecular weight is 580 g/mol. The Morgan fingerprint density at radius 2 is 1.86 bits per heavy atom. The largest absolute Gasteiger partial charge is 0.493 e. The molecule has 7 rings (SSSR count). The van der Waals surface area contributed by atoms with Gasteiger partial charge in [0.15, 0.2) is 5.78 Å². The van der Waals surface area contributed by atoms with Crippen LogP contribution in [-0.4, -0.2) is 62.5 Å². The highest BCUT2D eigenvalue weighted by Crippen LogP contribution is 2.43. The fraction of sp³-hybridized carbons (Fsp3) is 0.353. The summed E-state index contributed by atoms with van der Waals surface area (Å²) in [5, 5.41) is 10.4. The molecule has 1 N–H and O–H groups in total. The van der Waals surface area contributed by atoms with Gasteiger partial charge in [-0.2, -0.15) is 0 Å². The molecule has 2 aromatic carbocycles. The van der Waals surface area contributed by atoms with Crippen LogP contribution in [0.3, 0.4) is 0 Å². The highest BCUT2D eigenvalue weighted by atomic mass is 16.5. The zero-order valence-corrected chi connectivity index (χ0v) is 24.3. The van der Waals surface area contributed by atoms with Gasteiger partial charge < -0.3 is 24.0 Å². The van der Waals surface area contributed by atoms with Crippen molar-refractivity contribution in [2.75, 3.05) is 19.7 Å². The first-order chi connectivity index (χ1) is 20.7. The van der Waals surface area contributed by atoms with Crippen LogP contribution < -0.4 is 9.47 Å². The number of hydrogen-bond acceptors (Lipinski definition) is 6. The quantitative estimate of drug-likeness (QED) is 0.295. The normalized spacial score (nSPS) is 17.5. The fourth-order valence-corrected chi connectivity index (χ4v) is 6.57. The van der Waals surface area contributed by atoms with Gasteiger partial charge in [0.2, 0.25) is 0 Å². The van der Waals surface area contributed by atoms with Gasteiger partial charge in [0.05, 0.1) is 24.1 Å². The summed E-state index contributed by atoms with van der Waals surface area (Å²) in [4.78, 5) is 44.3. The molecular weight excluding hydrogens is 546 g/mol. The summed E-state index contributed by atoms with van der Waals surface area (Å²) >= 11 is 0. The molecule has 0 bridgehead atoms. The number of hydrogen-bond donors (Lipinski definition) is 1. The number of rotatable bonds is 6. The van der Waals surface area contributed by atoms with Crippen LogP contribution in [0.15, 0.2) is 54.9 Å². The lowest BCUT2D eigenvalue weighted by atomic mass is 9.82. The zero-order chi connectivity index (χ0) is 29.9. The first-order valence-corrected chi connectivity index (χ1v) is 14.9. The Kier molecular flexibility index (Phi) is 6.49. The van der Waals surface area contributed by atoms with Crippen LogP contribution in [-0.2, 0) is 0 Å². The average Bonchev–Trinajstić information content (AvgIpc) is 3.80. The van der Waals surface area contributed by atoms with Crippen molar-refractivity contribution in [1.82, 2.24) is 14.5 Å². The third-order valence-corrected chi connectivity index (χ3v) is 8.94. The van der Waals surface area contributed by atoms with Crippen LogP contribution in [0.4, 0.5) is 0 Å². The zero-order valence-electron chi connectivity index (χ0n) is 24.3. The molecule has 0 atom stereocenters. The topological polar surface area (TPSA) is 111 Å². The number of fused-ring (bicyclic) bond motifs is 2. The first-order valence-electron chi connectivity index (χ1n) is 14.9. The van der Waals surface area contributed by atoms with E-state index in [1.807, 2.05) is 30.0 Å². The predicted octanol–water partition coefficient (Wildman–Crippen LogP) is 6.08. The molecular formula is C34H33N3O6. The van der Waals surface area contributed by atoms with Crippen LogP contribution >= 0.6 is 0 Å². The molecule has 43 heavy (non-hydrogen) atoms. The van der Waals surface area contributed by atoms with Crippen molar-refractivity contribution < 1.29 is 29.0 Å². The number of piperidine rings is 1. The van der Waals surface area contributed by atoms with E-state index in [1.165, 1.54) is 12.3 Å². The van der Waals surface area contributed by atoms with Gasteiger partial charge in [-0.3, -0.25) is 9.59 Å². The SMILES string of the molecule is CCOc1cc(C(=O)N2CCC3(CC2)CC(=O)c2cc(-c4ccnc(C(=O)O)c4)ccc2O3)cc2c1c(C)cn2C1CC1. The number of carbonyl (C=O) groups excluding carboxylic acids is 2. The number of benzene rings is 2. The van der Waals surface area contributed by atoms with Crippen LogP contribution in [0.2, 0.25) is 0 Å². The van der Waals surface area contributed by atoms with E-state index in [0.717, 1.165) is 40.6 Å². The van der Waals surface area contributed by atoms with Crippen LogP contribution in [0.25, 0.3) is 22.0 Å². The Hall–Kier alpha value is -4.66. The minimum atomic E-state index is -1.11. The van der Waals surface area contributed by atoms with Crippen molar-refractivity contribution in [3.63, 3.8) is 0 Å². The van der Waals surface area contributed by atoms with Gasteiger partial charge in [0, 0.05) is 55.3 Å². The smallest absolute Gasteiger partial charge is 0.354 e. The fourth-order valence-electron chi connectivity index (χ4n) is 6.57. The van der Waals surface area contributed by atoms with E-state index < -0.39 is 11.6 Å². The van der Waals surface area contributed by atoms with Gasteiger partial charge in [-0.15, -0.1) is 0 Å². The number of likely N-dealkylation sites (tertiary alicyclic amines) is 1. The van der Waals surface area contributed by atoms with E-state index in [-0.39, 0.29) is 23.8 Å². The molecule has 2 aliphatic heterocycles. The number of nitrogens with zero attached hydrogens (tertiary/aromatic N) is 3. The molecule has 4 aromatic rings. The summed E-state index contributed by atoms with van der Waals surface area (Å²) in [5.41, 5.74) is 3.98.